The predicted octanol–water partition coefficient (Wildman–Crippen LogP) is 17.2. The van der Waals surface area contributed by atoms with Crippen molar-refractivity contribution >= 4 is 91.7 Å². The number of nitrogens with one attached hydrogen (secondary N) is 3. The van der Waals surface area contributed by atoms with Gasteiger partial charge in [-0.05, 0) is 226 Å². The fourth-order valence-electron chi connectivity index (χ4n) is 10.6. The minimum absolute atomic E-state index is 0.0162. The van der Waals surface area contributed by atoms with E-state index < -0.39 is 63.6 Å². The smallest absolute Gasteiger partial charge is 0.346 e. The molecule has 2 heterocycles. The van der Waals surface area contributed by atoms with Gasteiger partial charge in [0, 0.05) is 55.1 Å². The third-order valence-electron chi connectivity index (χ3n) is 19.6. The molecule has 6 aromatic carbocycles. The molecule has 6 aromatic rings. The van der Waals surface area contributed by atoms with Crippen LogP contribution in [0.3, 0.4) is 0 Å². The standard InChI is InChI=1S/C26H30N2O6S.C18H29NO3S.C14H21NO5S.C11H15NO2S.C9H18O2.2C6H12O/c1-4-5-18(2)33-22-10-6-20(7-11-22)27-28-26(30)19(3)34-23-12-16-25(17-13-23)35(31,32)24-14-8-21(29)9-15-24;1-3-5-6-16(4-2)15-22-18-9-7-17(8-10-18)19-11-13-23(20,21)14-12-19;1-4-5-10-21(17,18)15-12-6-8-13(9-7-12)20-11(2)14(16)19-3;1-10-2-4-11(5-3-10)12-6-8-15(13,14)9-7-12;1-4-6-7-11-9(10)8(3)5-2;2*1-4-5(2)6(3)7/h6-19,27,29H,4-5H2,1-3H3,(H,28,30);7-10,16H,3-6,11-15H2,1-2H3;6-9,11,15H,4-5,10H2,1-3H3;2-5H,6-9H2,1H3;8H,4-7H2,1-3H3;2*5H,4H2,1-3H3. The summed E-state index contributed by atoms with van der Waals surface area (Å²) < 4.78 is 129. The molecule has 2 fully saturated rings. The molecule has 2 aliphatic rings. The number of carbonyl (C=O) groups excluding carboxylic acids is 5. The molecule has 0 bridgehead atoms. The molecule has 119 heavy (non-hydrogen) atoms. The van der Waals surface area contributed by atoms with Crippen molar-refractivity contribution in [1.29, 1.82) is 0 Å². The van der Waals surface area contributed by atoms with Crippen LogP contribution in [0, 0.1) is 30.6 Å². The van der Waals surface area contributed by atoms with Crippen molar-refractivity contribution < 1.29 is 91.2 Å². The maximum absolute atomic E-state index is 12.7. The highest BCUT2D eigenvalue weighted by atomic mass is 32.2. The second kappa shape index (κ2) is 56.6. The summed E-state index contributed by atoms with van der Waals surface area (Å²) in [7, 11) is -11.4. The zero-order valence-electron chi connectivity index (χ0n) is 73.6. The molecule has 2 saturated heterocycles. The lowest BCUT2D eigenvalue weighted by molar-refractivity contribution is -0.148. The van der Waals surface area contributed by atoms with Gasteiger partial charge in [0.2, 0.25) is 19.9 Å². The van der Waals surface area contributed by atoms with Crippen LogP contribution in [0.4, 0.5) is 22.7 Å². The molecule has 1 amide bonds. The Labute approximate surface area is 712 Å². The summed E-state index contributed by atoms with van der Waals surface area (Å²) >= 11 is 0. The van der Waals surface area contributed by atoms with Crippen molar-refractivity contribution in [1.82, 2.24) is 5.43 Å². The fraction of sp³-hybridized carbons (Fsp3) is 0.544. The fourth-order valence-corrected chi connectivity index (χ4v) is 15.5. The Kier molecular flexibility index (Phi) is 50.5. The number of hydrazine groups is 1. The van der Waals surface area contributed by atoms with Gasteiger partial charge in [0.1, 0.15) is 40.3 Å². The highest BCUT2D eigenvalue weighted by Gasteiger charge is 2.25. The number of hydrogen-bond acceptors (Lipinski definition) is 23. The Hall–Kier alpha value is -8.93. The average molecular weight is 1740 g/mol. The molecule has 7 atom stereocenters. The van der Waals surface area contributed by atoms with Crippen LogP contribution in [0.25, 0.3) is 0 Å². The van der Waals surface area contributed by atoms with Crippen LogP contribution >= 0.6 is 0 Å². The summed E-state index contributed by atoms with van der Waals surface area (Å²) in [6.07, 6.45) is 11.8. The molecule has 4 N–H and O–H groups in total. The second-order valence-electron chi connectivity index (χ2n) is 29.7. The lowest BCUT2D eigenvalue weighted by Gasteiger charge is -2.28. The number of benzene rings is 6. The molecule has 8 rings (SSSR count). The largest absolute Gasteiger partial charge is 0.508 e. The van der Waals surface area contributed by atoms with Crippen molar-refractivity contribution in [2.45, 2.75) is 229 Å². The van der Waals surface area contributed by atoms with E-state index >= 15 is 0 Å². The van der Waals surface area contributed by atoms with E-state index in [1.807, 2.05) is 111 Å². The van der Waals surface area contributed by atoms with Gasteiger partial charge in [0.25, 0.3) is 5.91 Å². The van der Waals surface area contributed by atoms with Crippen LogP contribution in [0.15, 0.2) is 155 Å². The monoisotopic (exact) mass is 1740 g/mol. The first kappa shape index (κ1) is 106. The molecular formula is C90H137N5O20S4. The molecule has 0 saturated carbocycles. The van der Waals surface area contributed by atoms with Crippen LogP contribution in [0.1, 0.15) is 200 Å². The molecule has 0 radical (unpaired) electrons. The van der Waals surface area contributed by atoms with Gasteiger partial charge < -0.3 is 43.3 Å². The number of sulfone groups is 3. The number of esters is 2. The van der Waals surface area contributed by atoms with E-state index in [0.717, 1.165) is 87.3 Å². The zero-order chi connectivity index (χ0) is 89.3. The molecule has 0 spiro atoms. The summed E-state index contributed by atoms with van der Waals surface area (Å²) in [5, 5.41) is 9.36. The number of sulfonamides is 1. The minimum atomic E-state index is -3.73. The first-order valence-corrected chi connectivity index (χ1v) is 48.4. The number of ketones is 2. The number of nitrogens with zero attached hydrogens (tertiary/aromatic N) is 2. The van der Waals surface area contributed by atoms with E-state index in [9.17, 15) is 62.8 Å². The number of aryl methyl sites for hydroxylation is 1. The number of phenolic OH excluding ortho intramolecular Hbond substituents is 1. The van der Waals surface area contributed by atoms with Crippen LogP contribution in [-0.4, -0.2) is 162 Å². The van der Waals surface area contributed by atoms with Crippen LogP contribution < -0.4 is 44.3 Å². The van der Waals surface area contributed by atoms with Gasteiger partial charge >= 0.3 is 11.9 Å². The van der Waals surface area contributed by atoms with Crippen molar-refractivity contribution in [3.63, 3.8) is 0 Å². The highest BCUT2D eigenvalue weighted by molar-refractivity contribution is 7.92. The second-order valence-corrected chi connectivity index (χ2v) is 38.1. The minimum Gasteiger partial charge on any atom is -0.508 e. The van der Waals surface area contributed by atoms with Crippen molar-refractivity contribution in [3.05, 3.63) is 151 Å². The van der Waals surface area contributed by atoms with E-state index in [2.05, 4.69) is 69.9 Å². The maximum atomic E-state index is 12.7. The summed E-state index contributed by atoms with van der Waals surface area (Å²) in [6, 6.07) is 41.0. The number of amides is 1. The number of phenols is 1. The molecule has 29 heteroatoms. The third kappa shape index (κ3) is 43.7. The Morgan fingerprint density at radius 2 is 0.899 bits per heavy atom. The molecule has 0 aliphatic carbocycles. The number of Topliss-reactive ketones (excluding diaryl/α,β-unsaturated/α-hetero) is 2. The lowest BCUT2D eigenvalue weighted by Crippen LogP contribution is -2.40. The number of carbonyl (C=O) groups is 5. The summed E-state index contributed by atoms with van der Waals surface area (Å²) in [4.78, 5) is 59.8. The van der Waals surface area contributed by atoms with E-state index in [-0.39, 0.29) is 74.1 Å². The number of hydrogen-bond donors (Lipinski definition) is 4. The first-order chi connectivity index (χ1) is 56.2. The number of aromatic hydroxyl groups is 1. The molecule has 0 aromatic heterocycles. The van der Waals surface area contributed by atoms with E-state index in [1.165, 1.54) is 80.5 Å². The summed E-state index contributed by atoms with van der Waals surface area (Å²) in [6.45, 7) is 36.6. The molecular weight excluding hydrogens is 1600 g/mol. The van der Waals surface area contributed by atoms with Crippen LogP contribution in [0.2, 0.25) is 0 Å². The number of methoxy groups -OCH3 is 1. The first-order valence-electron chi connectivity index (χ1n) is 41.6. The van der Waals surface area contributed by atoms with Crippen LogP contribution in [0.5, 0.6) is 28.7 Å². The third-order valence-corrected chi connectivity index (χ3v) is 26.0. The number of anilines is 4. The van der Waals surface area contributed by atoms with E-state index in [1.54, 1.807) is 64.1 Å². The Morgan fingerprint density at radius 1 is 0.479 bits per heavy atom. The zero-order valence-corrected chi connectivity index (χ0v) is 76.9. The Bertz CT molecular complexity index is 4320. The Morgan fingerprint density at radius 3 is 1.32 bits per heavy atom. The topological polar surface area (TPSA) is 340 Å². The normalized spacial score (nSPS) is 14.9. The average Bonchev–Trinajstić information content (AvgIpc) is 0.802. The number of unbranched alkanes of at least 4 members (excludes halogenated alkanes) is 3. The van der Waals surface area contributed by atoms with Gasteiger partial charge in [-0.1, -0.05) is 132 Å². The van der Waals surface area contributed by atoms with Gasteiger partial charge in [-0.3, -0.25) is 34.8 Å². The maximum Gasteiger partial charge on any atom is 0.346 e. The van der Waals surface area contributed by atoms with Gasteiger partial charge in [-0.15, -0.1) is 0 Å². The van der Waals surface area contributed by atoms with Crippen molar-refractivity contribution in [2.75, 3.05) is 95.2 Å². The molecule has 666 valence electrons. The van der Waals surface area contributed by atoms with E-state index in [0.29, 0.717) is 79.6 Å². The number of rotatable bonds is 37. The highest BCUT2D eigenvalue weighted by Crippen LogP contribution is 2.28. The van der Waals surface area contributed by atoms with E-state index in [4.69, 9.17) is 23.7 Å². The number of ether oxygens (including phenoxy) is 6. The predicted molar refractivity (Wildman–Crippen MR) is 478 cm³/mol. The van der Waals surface area contributed by atoms with Gasteiger partial charge in [0.15, 0.2) is 31.9 Å². The van der Waals surface area contributed by atoms with Gasteiger partial charge in [0.05, 0.1) is 76.6 Å². The molecule has 25 nitrogen and oxygen atoms in total. The lowest BCUT2D eigenvalue weighted by atomic mass is 10.0. The van der Waals surface area contributed by atoms with Gasteiger partial charge in [-0.25, -0.2) is 38.5 Å². The quantitative estimate of drug-likeness (QED) is 0.0160. The summed E-state index contributed by atoms with van der Waals surface area (Å²) in [5.41, 5.74) is 9.99. The van der Waals surface area contributed by atoms with Crippen LogP contribution in [-0.2, 0) is 73.0 Å². The molecule has 7 unspecified atom stereocenters. The summed E-state index contributed by atoms with van der Waals surface area (Å²) in [5.74, 6) is 4.48. The van der Waals surface area contributed by atoms with Crippen molar-refractivity contribution in [3.8, 4) is 28.7 Å². The van der Waals surface area contributed by atoms with Crippen molar-refractivity contribution in [2.24, 2.45) is 23.7 Å². The Balaban J connectivity index is 0.000000503. The SMILES string of the molecule is CCC(C)C(C)=O.CCC(C)C(C)=O.CCCC(C)Oc1ccc(NNC(=O)C(C)Oc2ccc(S(=O)(=O)c3ccc(O)cc3)cc2)cc1.CCCCC(CC)COc1ccc(N2CCS(=O)(=O)CC2)cc1.CCCCOC(=O)C(C)CC.CCCCS(=O)(=O)Nc1ccc(OC(C)C(=O)OC)cc1.Cc1ccc(N2CCS(=O)(=O)CC2)cc1. The molecule has 2 aliphatic heterocycles. The van der Waals surface area contributed by atoms with Gasteiger partial charge in [-0.2, -0.15) is 0 Å².